The second kappa shape index (κ2) is 6.78. The van der Waals surface area contributed by atoms with Crippen LogP contribution in [-0.2, 0) is 16.6 Å². The minimum atomic E-state index is -3.88. The number of benzene rings is 2. The Labute approximate surface area is 158 Å². The molecule has 0 fully saturated rings. The smallest absolute Gasteiger partial charge is 0.240 e. The molecule has 1 heterocycles. The average molecular weight is 422 g/mol. The van der Waals surface area contributed by atoms with E-state index in [-0.39, 0.29) is 26.5 Å². The van der Waals surface area contributed by atoms with Crippen molar-refractivity contribution in [2.24, 2.45) is 0 Å². The summed E-state index contributed by atoms with van der Waals surface area (Å²) in [7, 11) is -2.41. The molecule has 0 bridgehead atoms. The van der Waals surface area contributed by atoms with Crippen LogP contribution in [0.4, 0.5) is 0 Å². The zero-order chi connectivity index (χ0) is 17.5. The van der Waals surface area contributed by atoms with Gasteiger partial charge in [-0.3, -0.25) is 0 Å². The van der Waals surface area contributed by atoms with E-state index in [4.69, 9.17) is 34.8 Å². The second-order valence-electron chi connectivity index (χ2n) is 5.03. The largest absolute Gasteiger partial charge is 0.246 e. The molecule has 0 aliphatic carbocycles. The number of hydrogen-bond acceptors (Lipinski definition) is 4. The standard InChI is InChI=1S/C15H11Cl3N2O2S2/c1-20(8-14-19-12-4-2-3-5-13(12)23-14)24(21,22)15-10(17)6-9(16)7-11(15)18/h2-7H,8H2,1H3. The summed E-state index contributed by atoms with van der Waals surface area (Å²) in [4.78, 5) is 4.29. The molecule has 4 nitrogen and oxygen atoms in total. The average Bonchev–Trinajstić information content (AvgIpc) is 2.87. The number of para-hydroxylation sites is 1. The highest BCUT2D eigenvalue weighted by Crippen LogP contribution is 2.35. The molecule has 0 unspecified atom stereocenters. The Morgan fingerprint density at radius 1 is 1.12 bits per heavy atom. The Morgan fingerprint density at radius 2 is 1.75 bits per heavy atom. The molecule has 2 aromatic carbocycles. The van der Waals surface area contributed by atoms with Gasteiger partial charge in [-0.15, -0.1) is 11.3 Å². The summed E-state index contributed by atoms with van der Waals surface area (Å²) < 4.78 is 27.8. The van der Waals surface area contributed by atoms with Crippen LogP contribution in [0.5, 0.6) is 0 Å². The van der Waals surface area contributed by atoms with E-state index < -0.39 is 10.0 Å². The lowest BCUT2D eigenvalue weighted by atomic mass is 10.3. The lowest BCUT2D eigenvalue weighted by molar-refractivity contribution is 0.466. The van der Waals surface area contributed by atoms with Crippen LogP contribution in [0, 0.1) is 0 Å². The van der Waals surface area contributed by atoms with Gasteiger partial charge in [0.05, 0.1) is 26.8 Å². The first kappa shape index (κ1) is 17.9. The predicted molar refractivity (Wildman–Crippen MR) is 99.7 cm³/mol. The monoisotopic (exact) mass is 420 g/mol. The molecular formula is C15H11Cl3N2O2S2. The van der Waals surface area contributed by atoms with E-state index in [9.17, 15) is 8.42 Å². The van der Waals surface area contributed by atoms with Gasteiger partial charge in [0, 0.05) is 12.1 Å². The third-order valence-corrected chi connectivity index (χ3v) is 7.29. The first-order chi connectivity index (χ1) is 11.3. The van der Waals surface area contributed by atoms with E-state index in [1.807, 2.05) is 24.3 Å². The summed E-state index contributed by atoms with van der Waals surface area (Å²) in [6.45, 7) is 0.122. The maximum absolute atomic E-state index is 12.8. The first-order valence-electron chi connectivity index (χ1n) is 6.74. The number of aromatic nitrogens is 1. The third-order valence-electron chi connectivity index (χ3n) is 3.33. The van der Waals surface area contributed by atoms with Gasteiger partial charge < -0.3 is 0 Å². The van der Waals surface area contributed by atoms with Crippen LogP contribution in [0.1, 0.15) is 5.01 Å². The minimum Gasteiger partial charge on any atom is -0.240 e. The lowest BCUT2D eigenvalue weighted by Crippen LogP contribution is -2.27. The van der Waals surface area contributed by atoms with E-state index in [2.05, 4.69) is 4.98 Å². The van der Waals surface area contributed by atoms with E-state index in [0.717, 1.165) is 10.2 Å². The second-order valence-corrected chi connectivity index (χ2v) is 9.38. The van der Waals surface area contributed by atoms with Crippen molar-refractivity contribution in [1.82, 2.24) is 9.29 Å². The molecule has 0 aliphatic rings. The van der Waals surface area contributed by atoms with Crippen LogP contribution in [0.15, 0.2) is 41.3 Å². The molecule has 0 saturated heterocycles. The molecule has 3 aromatic rings. The van der Waals surface area contributed by atoms with Crippen molar-refractivity contribution in [3.63, 3.8) is 0 Å². The number of sulfonamides is 1. The van der Waals surface area contributed by atoms with Gasteiger partial charge in [-0.25, -0.2) is 13.4 Å². The Hall–Kier alpha value is -0.890. The number of halogens is 3. The summed E-state index contributed by atoms with van der Waals surface area (Å²) >= 11 is 19.4. The van der Waals surface area contributed by atoms with Gasteiger partial charge in [-0.2, -0.15) is 4.31 Å². The van der Waals surface area contributed by atoms with Crippen LogP contribution in [0.25, 0.3) is 10.2 Å². The fourth-order valence-corrected chi connectivity index (χ4v) is 5.91. The molecule has 0 saturated carbocycles. The number of rotatable bonds is 4. The van der Waals surface area contributed by atoms with Gasteiger partial charge in [-0.1, -0.05) is 46.9 Å². The van der Waals surface area contributed by atoms with Gasteiger partial charge in [0.15, 0.2) is 0 Å². The van der Waals surface area contributed by atoms with Crippen LogP contribution in [-0.4, -0.2) is 24.8 Å². The van der Waals surface area contributed by atoms with Crippen LogP contribution >= 0.6 is 46.1 Å². The van der Waals surface area contributed by atoms with E-state index in [1.54, 1.807) is 0 Å². The fraction of sp³-hybridized carbons (Fsp3) is 0.133. The van der Waals surface area contributed by atoms with Crippen LogP contribution in [0.2, 0.25) is 15.1 Å². The van der Waals surface area contributed by atoms with Crippen LogP contribution in [0.3, 0.4) is 0 Å². The highest BCUT2D eigenvalue weighted by molar-refractivity contribution is 7.89. The molecule has 1 aromatic heterocycles. The quantitative estimate of drug-likeness (QED) is 0.590. The van der Waals surface area contributed by atoms with Gasteiger partial charge in [-0.05, 0) is 24.3 Å². The Kier molecular flexibility index (Phi) is 5.06. The van der Waals surface area contributed by atoms with Crippen molar-refractivity contribution >= 4 is 66.4 Å². The molecule has 0 atom stereocenters. The van der Waals surface area contributed by atoms with Gasteiger partial charge >= 0.3 is 0 Å². The highest BCUT2D eigenvalue weighted by atomic mass is 35.5. The minimum absolute atomic E-state index is 0.0105. The Morgan fingerprint density at radius 3 is 2.38 bits per heavy atom. The summed E-state index contributed by atoms with van der Waals surface area (Å²) in [5, 5.41) is 0.938. The molecule has 0 amide bonds. The van der Waals surface area contributed by atoms with Crippen molar-refractivity contribution in [2.75, 3.05) is 7.05 Å². The molecule has 0 N–H and O–H groups in total. The summed E-state index contributed by atoms with van der Waals surface area (Å²) in [6.07, 6.45) is 0. The number of fused-ring (bicyclic) bond motifs is 1. The molecule has 0 spiro atoms. The summed E-state index contributed by atoms with van der Waals surface area (Å²) in [5.74, 6) is 0. The maximum atomic E-state index is 12.8. The van der Waals surface area contributed by atoms with Crippen molar-refractivity contribution in [3.8, 4) is 0 Å². The third kappa shape index (κ3) is 3.40. The van der Waals surface area contributed by atoms with E-state index >= 15 is 0 Å². The van der Waals surface area contributed by atoms with E-state index in [1.165, 1.54) is 34.8 Å². The Bertz CT molecular complexity index is 962. The topological polar surface area (TPSA) is 50.3 Å². The summed E-state index contributed by atoms with van der Waals surface area (Å²) in [6, 6.07) is 10.3. The maximum Gasteiger partial charge on any atom is 0.246 e. The van der Waals surface area contributed by atoms with Crippen molar-refractivity contribution in [2.45, 2.75) is 11.4 Å². The van der Waals surface area contributed by atoms with E-state index in [0.29, 0.717) is 5.01 Å². The van der Waals surface area contributed by atoms with Crippen molar-refractivity contribution in [3.05, 3.63) is 56.5 Å². The number of thiazole rings is 1. The molecular weight excluding hydrogens is 411 g/mol. The molecule has 24 heavy (non-hydrogen) atoms. The lowest BCUT2D eigenvalue weighted by Gasteiger charge is -2.18. The zero-order valence-corrected chi connectivity index (χ0v) is 16.2. The molecule has 0 aliphatic heterocycles. The number of hydrogen-bond donors (Lipinski definition) is 0. The normalized spacial score (nSPS) is 12.2. The van der Waals surface area contributed by atoms with Gasteiger partial charge in [0.1, 0.15) is 9.90 Å². The van der Waals surface area contributed by atoms with Gasteiger partial charge in [0.2, 0.25) is 10.0 Å². The van der Waals surface area contributed by atoms with Crippen molar-refractivity contribution < 1.29 is 8.42 Å². The molecule has 126 valence electrons. The zero-order valence-electron chi connectivity index (χ0n) is 12.3. The van der Waals surface area contributed by atoms with Gasteiger partial charge in [0.25, 0.3) is 0 Å². The SMILES string of the molecule is CN(Cc1nc2ccccc2s1)S(=O)(=O)c1c(Cl)cc(Cl)cc1Cl. The van der Waals surface area contributed by atoms with Crippen molar-refractivity contribution in [1.29, 1.82) is 0 Å². The Balaban J connectivity index is 1.95. The highest BCUT2D eigenvalue weighted by Gasteiger charge is 2.28. The molecule has 0 radical (unpaired) electrons. The predicted octanol–water partition coefficient (Wildman–Crippen LogP) is 5.08. The molecule has 9 heteroatoms. The summed E-state index contributed by atoms with van der Waals surface area (Å²) in [5.41, 5.74) is 0.839. The molecule has 3 rings (SSSR count). The first-order valence-corrected chi connectivity index (χ1v) is 10.1. The van der Waals surface area contributed by atoms with Crippen LogP contribution < -0.4 is 0 Å². The fourth-order valence-electron chi connectivity index (χ4n) is 2.19. The number of nitrogens with zero attached hydrogens (tertiary/aromatic N) is 2.